The highest BCUT2D eigenvalue weighted by Gasteiger charge is 2.31. The Labute approximate surface area is 110 Å². The van der Waals surface area contributed by atoms with Gasteiger partial charge >= 0.3 is 6.18 Å². The molecule has 2 rings (SSSR count). The minimum absolute atomic E-state index is 0.142. The third-order valence-electron chi connectivity index (χ3n) is 3.36. The Kier molecular flexibility index (Phi) is 3.89. The zero-order chi connectivity index (χ0) is 14.0. The number of alkyl halides is 3. The number of nitrogen functional groups attached to an aromatic ring is 1. The van der Waals surface area contributed by atoms with Gasteiger partial charge in [0.15, 0.2) is 0 Å². The Morgan fingerprint density at radius 1 is 1.37 bits per heavy atom. The number of hydrogen-bond donors (Lipinski definition) is 2. The minimum atomic E-state index is -4.35. The number of nitrogens with zero attached hydrogens (tertiary/aromatic N) is 1. The van der Waals surface area contributed by atoms with Crippen molar-refractivity contribution in [2.24, 2.45) is 0 Å². The molecule has 1 aliphatic heterocycles. The standard InChI is InChI=1S/C13H18F3N3/c1-19-6-2-3-10(8-19)18-12-5-4-9(7-11(12)17)13(14,15)16/h4-5,7,10,18H,2-3,6,8,17H2,1H3. The van der Waals surface area contributed by atoms with E-state index in [1.54, 1.807) is 0 Å². The van der Waals surface area contributed by atoms with E-state index in [0.717, 1.165) is 38.1 Å². The van der Waals surface area contributed by atoms with E-state index >= 15 is 0 Å². The van der Waals surface area contributed by atoms with Crippen molar-refractivity contribution in [3.05, 3.63) is 23.8 Å². The first-order chi connectivity index (χ1) is 8.86. The molecule has 1 aromatic rings. The van der Waals surface area contributed by atoms with Gasteiger partial charge in [-0.25, -0.2) is 0 Å². The van der Waals surface area contributed by atoms with Crippen molar-refractivity contribution in [2.45, 2.75) is 25.1 Å². The number of likely N-dealkylation sites (tertiary alicyclic amines) is 1. The van der Waals surface area contributed by atoms with Crippen LogP contribution in [0.15, 0.2) is 18.2 Å². The highest BCUT2D eigenvalue weighted by molar-refractivity contribution is 5.67. The predicted octanol–water partition coefficient (Wildman–Crippen LogP) is 2.79. The second-order valence-electron chi connectivity index (χ2n) is 5.05. The number of nitrogens with two attached hydrogens (primary N) is 1. The first-order valence-corrected chi connectivity index (χ1v) is 6.28. The lowest BCUT2D eigenvalue weighted by Crippen LogP contribution is -2.39. The molecule has 6 heteroatoms. The van der Waals surface area contributed by atoms with Crippen LogP contribution in [0.4, 0.5) is 24.5 Å². The lowest BCUT2D eigenvalue weighted by atomic mass is 10.1. The molecule has 1 aliphatic rings. The second kappa shape index (κ2) is 5.28. The van der Waals surface area contributed by atoms with E-state index in [0.29, 0.717) is 5.69 Å². The van der Waals surface area contributed by atoms with E-state index in [1.165, 1.54) is 6.07 Å². The molecular formula is C13H18F3N3. The molecule has 0 radical (unpaired) electrons. The molecular weight excluding hydrogens is 255 g/mol. The third kappa shape index (κ3) is 3.53. The molecule has 1 atom stereocenters. The molecule has 1 fully saturated rings. The van der Waals surface area contributed by atoms with Crippen LogP contribution in [0.2, 0.25) is 0 Å². The van der Waals surface area contributed by atoms with Gasteiger partial charge in [-0.15, -0.1) is 0 Å². The Bertz CT molecular complexity index is 445. The van der Waals surface area contributed by atoms with Gasteiger partial charge in [-0.2, -0.15) is 13.2 Å². The Balaban J connectivity index is 2.09. The lowest BCUT2D eigenvalue weighted by molar-refractivity contribution is -0.137. The number of piperidine rings is 1. The number of halogens is 3. The minimum Gasteiger partial charge on any atom is -0.397 e. The monoisotopic (exact) mass is 273 g/mol. The van der Waals surface area contributed by atoms with E-state index in [2.05, 4.69) is 10.2 Å². The molecule has 1 heterocycles. The van der Waals surface area contributed by atoms with Crippen molar-refractivity contribution in [2.75, 3.05) is 31.2 Å². The van der Waals surface area contributed by atoms with Crippen LogP contribution in [0.3, 0.4) is 0 Å². The van der Waals surface area contributed by atoms with E-state index < -0.39 is 11.7 Å². The summed E-state index contributed by atoms with van der Waals surface area (Å²) < 4.78 is 37.6. The van der Waals surface area contributed by atoms with Crippen molar-refractivity contribution in [3.8, 4) is 0 Å². The van der Waals surface area contributed by atoms with Crippen LogP contribution in [-0.4, -0.2) is 31.1 Å². The Hall–Kier alpha value is -1.43. The van der Waals surface area contributed by atoms with Crippen LogP contribution in [-0.2, 0) is 6.18 Å². The SMILES string of the molecule is CN1CCCC(Nc2ccc(C(F)(F)F)cc2N)C1. The van der Waals surface area contributed by atoms with Crippen LogP contribution in [0.25, 0.3) is 0 Å². The largest absolute Gasteiger partial charge is 0.416 e. The van der Waals surface area contributed by atoms with Crippen molar-refractivity contribution < 1.29 is 13.2 Å². The second-order valence-corrected chi connectivity index (χ2v) is 5.05. The molecule has 19 heavy (non-hydrogen) atoms. The number of hydrogen-bond acceptors (Lipinski definition) is 3. The topological polar surface area (TPSA) is 41.3 Å². The maximum absolute atomic E-state index is 12.5. The number of benzene rings is 1. The van der Waals surface area contributed by atoms with E-state index in [-0.39, 0.29) is 11.7 Å². The summed E-state index contributed by atoms with van der Waals surface area (Å²) in [5.74, 6) is 0. The maximum atomic E-state index is 12.5. The van der Waals surface area contributed by atoms with Crippen LogP contribution in [0.1, 0.15) is 18.4 Å². The smallest absolute Gasteiger partial charge is 0.397 e. The summed E-state index contributed by atoms with van der Waals surface area (Å²) in [6, 6.07) is 3.69. The molecule has 0 spiro atoms. The van der Waals surface area contributed by atoms with E-state index in [4.69, 9.17) is 5.73 Å². The summed E-state index contributed by atoms with van der Waals surface area (Å²) in [6.07, 6.45) is -2.27. The summed E-state index contributed by atoms with van der Waals surface area (Å²) in [7, 11) is 2.03. The lowest BCUT2D eigenvalue weighted by Gasteiger charge is -2.31. The summed E-state index contributed by atoms with van der Waals surface area (Å²) in [5.41, 5.74) is 5.70. The van der Waals surface area contributed by atoms with Gasteiger partial charge in [-0.05, 0) is 44.6 Å². The first kappa shape index (κ1) is 14.0. The average molecular weight is 273 g/mol. The summed E-state index contributed by atoms with van der Waals surface area (Å²) in [4.78, 5) is 2.20. The summed E-state index contributed by atoms with van der Waals surface area (Å²) in [6.45, 7) is 1.93. The molecule has 0 aromatic heterocycles. The summed E-state index contributed by atoms with van der Waals surface area (Å²) in [5, 5.41) is 3.22. The first-order valence-electron chi connectivity index (χ1n) is 6.28. The highest BCUT2D eigenvalue weighted by atomic mass is 19.4. The fourth-order valence-corrected chi connectivity index (χ4v) is 2.37. The number of rotatable bonds is 2. The van der Waals surface area contributed by atoms with Gasteiger partial charge in [0.05, 0.1) is 16.9 Å². The molecule has 0 aliphatic carbocycles. The number of nitrogens with one attached hydrogen (secondary N) is 1. The average Bonchev–Trinajstić information content (AvgIpc) is 2.30. The van der Waals surface area contributed by atoms with Gasteiger partial charge in [0.25, 0.3) is 0 Å². The van der Waals surface area contributed by atoms with Crippen molar-refractivity contribution >= 4 is 11.4 Å². The Morgan fingerprint density at radius 3 is 2.68 bits per heavy atom. The van der Waals surface area contributed by atoms with Crippen LogP contribution in [0, 0.1) is 0 Å². The normalized spacial score (nSPS) is 21.4. The van der Waals surface area contributed by atoms with Gasteiger partial charge in [0.1, 0.15) is 0 Å². The zero-order valence-electron chi connectivity index (χ0n) is 10.8. The van der Waals surface area contributed by atoms with E-state index in [9.17, 15) is 13.2 Å². The molecule has 0 saturated carbocycles. The van der Waals surface area contributed by atoms with Crippen LogP contribution < -0.4 is 11.1 Å². The van der Waals surface area contributed by atoms with Crippen LogP contribution >= 0.6 is 0 Å². The van der Waals surface area contributed by atoms with E-state index in [1.807, 2.05) is 7.05 Å². The number of likely N-dealkylation sites (N-methyl/N-ethyl adjacent to an activating group) is 1. The molecule has 3 nitrogen and oxygen atoms in total. The van der Waals surface area contributed by atoms with Crippen molar-refractivity contribution in [1.29, 1.82) is 0 Å². The molecule has 1 aromatic carbocycles. The fourth-order valence-electron chi connectivity index (χ4n) is 2.37. The van der Waals surface area contributed by atoms with Gasteiger partial charge in [0.2, 0.25) is 0 Å². The Morgan fingerprint density at radius 2 is 2.11 bits per heavy atom. The fraction of sp³-hybridized carbons (Fsp3) is 0.538. The predicted molar refractivity (Wildman–Crippen MR) is 70.0 cm³/mol. The van der Waals surface area contributed by atoms with Crippen molar-refractivity contribution in [3.63, 3.8) is 0 Å². The molecule has 106 valence electrons. The number of anilines is 2. The molecule has 0 amide bonds. The zero-order valence-corrected chi connectivity index (χ0v) is 10.8. The molecule has 1 saturated heterocycles. The van der Waals surface area contributed by atoms with Crippen molar-refractivity contribution in [1.82, 2.24) is 4.90 Å². The quantitative estimate of drug-likeness (QED) is 0.814. The molecule has 0 bridgehead atoms. The molecule has 3 N–H and O–H groups in total. The summed E-state index contributed by atoms with van der Waals surface area (Å²) >= 11 is 0. The third-order valence-corrected chi connectivity index (χ3v) is 3.36. The van der Waals surface area contributed by atoms with Gasteiger partial charge in [-0.3, -0.25) is 0 Å². The van der Waals surface area contributed by atoms with Gasteiger partial charge < -0.3 is 16.0 Å². The van der Waals surface area contributed by atoms with Gasteiger partial charge in [-0.1, -0.05) is 0 Å². The van der Waals surface area contributed by atoms with Gasteiger partial charge in [0, 0.05) is 12.6 Å². The highest BCUT2D eigenvalue weighted by Crippen LogP contribution is 2.33. The maximum Gasteiger partial charge on any atom is 0.416 e. The van der Waals surface area contributed by atoms with Crippen LogP contribution in [0.5, 0.6) is 0 Å². The molecule has 1 unspecified atom stereocenters.